The lowest BCUT2D eigenvalue weighted by Gasteiger charge is -2.19. The van der Waals surface area contributed by atoms with Crippen LogP contribution in [0.2, 0.25) is 0 Å². The minimum Gasteiger partial charge on any atom is -0.469 e. The summed E-state index contributed by atoms with van der Waals surface area (Å²) in [6.07, 6.45) is -0.263. The zero-order valence-corrected chi connectivity index (χ0v) is 12.4. The molecule has 0 aromatic heterocycles. The van der Waals surface area contributed by atoms with Crippen LogP contribution in [0.5, 0.6) is 0 Å². The van der Waals surface area contributed by atoms with Gasteiger partial charge in [0.25, 0.3) is 0 Å². The molecule has 0 fully saturated rings. The van der Waals surface area contributed by atoms with Gasteiger partial charge in [-0.25, -0.2) is 0 Å². The monoisotopic (exact) mass is 263 g/mol. The lowest BCUT2D eigenvalue weighted by molar-refractivity contribution is -0.142. The van der Waals surface area contributed by atoms with Gasteiger partial charge in [-0.15, -0.1) is 0 Å². The quantitative estimate of drug-likeness (QED) is 0.674. The Bertz CT molecular complexity index is 504. The molecule has 0 saturated carbocycles. The summed E-state index contributed by atoms with van der Waals surface area (Å²) in [6.45, 7) is 10.1. The number of ether oxygens (including phenoxy) is 1. The van der Waals surface area contributed by atoms with Gasteiger partial charge in [0, 0.05) is 5.69 Å². The maximum Gasteiger partial charge on any atom is 0.315 e. The average Bonchev–Trinajstić information content (AvgIpc) is 2.39. The van der Waals surface area contributed by atoms with Gasteiger partial charge in [0.2, 0.25) is 5.91 Å². The Morgan fingerprint density at radius 2 is 1.32 bits per heavy atom. The second kappa shape index (κ2) is 5.87. The van der Waals surface area contributed by atoms with Gasteiger partial charge in [0.1, 0.15) is 6.42 Å². The molecule has 0 atom stereocenters. The molecule has 0 aliphatic carbocycles. The zero-order valence-electron chi connectivity index (χ0n) is 12.4. The standard InChI is InChI=1S/C15H21NO3/c1-8-9(2)11(4)15(12(5)10(8)3)16-13(17)7-14(18)19-6/h7H2,1-6H3,(H,16,17). The van der Waals surface area contributed by atoms with E-state index in [0.717, 1.165) is 27.9 Å². The number of carbonyl (C=O) groups excluding carboxylic acids is 2. The molecule has 1 N–H and O–H groups in total. The number of esters is 1. The van der Waals surface area contributed by atoms with E-state index in [1.54, 1.807) is 0 Å². The molecule has 1 amide bonds. The van der Waals surface area contributed by atoms with Crippen molar-refractivity contribution in [2.24, 2.45) is 0 Å². The number of anilines is 1. The van der Waals surface area contributed by atoms with Gasteiger partial charge in [-0.3, -0.25) is 9.59 Å². The third kappa shape index (κ3) is 3.13. The van der Waals surface area contributed by atoms with Crippen molar-refractivity contribution in [1.82, 2.24) is 0 Å². The summed E-state index contributed by atoms with van der Waals surface area (Å²) in [5.41, 5.74) is 6.45. The Morgan fingerprint density at radius 1 is 0.895 bits per heavy atom. The van der Waals surface area contributed by atoms with Gasteiger partial charge in [0.05, 0.1) is 7.11 Å². The predicted molar refractivity (Wildman–Crippen MR) is 75.4 cm³/mol. The van der Waals surface area contributed by atoms with Gasteiger partial charge in [0.15, 0.2) is 0 Å². The summed E-state index contributed by atoms with van der Waals surface area (Å²) in [6, 6.07) is 0. The summed E-state index contributed by atoms with van der Waals surface area (Å²) < 4.78 is 4.49. The SMILES string of the molecule is COC(=O)CC(=O)Nc1c(C)c(C)c(C)c(C)c1C. The van der Waals surface area contributed by atoms with E-state index in [4.69, 9.17) is 0 Å². The van der Waals surface area contributed by atoms with Crippen molar-refractivity contribution in [2.45, 2.75) is 41.0 Å². The number of amides is 1. The molecular weight excluding hydrogens is 242 g/mol. The first-order chi connectivity index (χ1) is 8.79. The lowest BCUT2D eigenvalue weighted by Crippen LogP contribution is -2.19. The van der Waals surface area contributed by atoms with Crippen LogP contribution in [-0.2, 0) is 14.3 Å². The van der Waals surface area contributed by atoms with Crippen LogP contribution in [0, 0.1) is 34.6 Å². The predicted octanol–water partition coefficient (Wildman–Crippen LogP) is 2.73. The third-order valence-electron chi connectivity index (χ3n) is 3.80. The van der Waals surface area contributed by atoms with Crippen LogP contribution in [0.4, 0.5) is 5.69 Å². The largest absolute Gasteiger partial charge is 0.469 e. The summed E-state index contributed by atoms with van der Waals surface area (Å²) in [5.74, 6) is -0.880. The summed E-state index contributed by atoms with van der Waals surface area (Å²) >= 11 is 0. The van der Waals surface area contributed by atoms with E-state index in [9.17, 15) is 9.59 Å². The first kappa shape index (κ1) is 15.2. The van der Waals surface area contributed by atoms with E-state index in [2.05, 4.69) is 17.0 Å². The van der Waals surface area contributed by atoms with Crippen LogP contribution >= 0.6 is 0 Å². The molecule has 0 saturated heterocycles. The van der Waals surface area contributed by atoms with Crippen LogP contribution < -0.4 is 5.32 Å². The van der Waals surface area contributed by atoms with Crippen LogP contribution in [-0.4, -0.2) is 19.0 Å². The average molecular weight is 263 g/mol. The minimum atomic E-state index is -0.534. The molecular formula is C15H21NO3. The van der Waals surface area contributed by atoms with Crippen molar-refractivity contribution in [3.63, 3.8) is 0 Å². The molecule has 0 radical (unpaired) electrons. The Morgan fingerprint density at radius 3 is 1.74 bits per heavy atom. The molecule has 0 spiro atoms. The van der Waals surface area contributed by atoms with E-state index >= 15 is 0 Å². The molecule has 1 rings (SSSR count). The van der Waals surface area contributed by atoms with Crippen molar-refractivity contribution in [2.75, 3.05) is 12.4 Å². The molecule has 1 aromatic carbocycles. The number of hydrogen-bond acceptors (Lipinski definition) is 3. The second-order valence-electron chi connectivity index (χ2n) is 4.80. The fourth-order valence-corrected chi connectivity index (χ4v) is 2.07. The molecule has 104 valence electrons. The van der Waals surface area contributed by atoms with Crippen molar-refractivity contribution in [3.8, 4) is 0 Å². The molecule has 1 aromatic rings. The Labute approximate surface area is 114 Å². The van der Waals surface area contributed by atoms with E-state index in [0.29, 0.717) is 0 Å². The number of rotatable bonds is 3. The first-order valence-corrected chi connectivity index (χ1v) is 6.23. The van der Waals surface area contributed by atoms with Gasteiger partial charge >= 0.3 is 5.97 Å². The number of methoxy groups -OCH3 is 1. The Kier molecular flexibility index (Phi) is 4.70. The fraction of sp³-hybridized carbons (Fsp3) is 0.467. The van der Waals surface area contributed by atoms with E-state index in [1.807, 2.05) is 27.7 Å². The summed E-state index contributed by atoms with van der Waals surface area (Å²) in [4.78, 5) is 22.9. The molecule has 0 aliphatic rings. The fourth-order valence-electron chi connectivity index (χ4n) is 2.07. The van der Waals surface area contributed by atoms with Crippen molar-refractivity contribution >= 4 is 17.6 Å². The third-order valence-corrected chi connectivity index (χ3v) is 3.80. The molecule has 4 heteroatoms. The normalized spacial score (nSPS) is 10.2. The van der Waals surface area contributed by atoms with E-state index in [-0.39, 0.29) is 12.3 Å². The Balaban J connectivity index is 3.09. The topological polar surface area (TPSA) is 55.4 Å². The van der Waals surface area contributed by atoms with Crippen molar-refractivity contribution in [3.05, 3.63) is 27.8 Å². The van der Waals surface area contributed by atoms with Crippen LogP contribution in [0.15, 0.2) is 0 Å². The number of hydrogen-bond donors (Lipinski definition) is 1. The van der Waals surface area contributed by atoms with Gasteiger partial charge in [-0.05, 0) is 62.4 Å². The van der Waals surface area contributed by atoms with E-state index in [1.165, 1.54) is 12.7 Å². The van der Waals surface area contributed by atoms with E-state index < -0.39 is 5.97 Å². The molecule has 0 bridgehead atoms. The number of carbonyl (C=O) groups is 2. The van der Waals surface area contributed by atoms with Crippen molar-refractivity contribution in [1.29, 1.82) is 0 Å². The van der Waals surface area contributed by atoms with Crippen molar-refractivity contribution < 1.29 is 14.3 Å². The smallest absolute Gasteiger partial charge is 0.315 e. The summed E-state index contributed by atoms with van der Waals surface area (Å²) in [5, 5.41) is 2.81. The summed E-state index contributed by atoms with van der Waals surface area (Å²) in [7, 11) is 1.27. The highest BCUT2D eigenvalue weighted by atomic mass is 16.5. The van der Waals surface area contributed by atoms with Gasteiger partial charge in [-0.2, -0.15) is 0 Å². The first-order valence-electron chi connectivity index (χ1n) is 6.23. The molecule has 0 aliphatic heterocycles. The van der Waals surface area contributed by atoms with Crippen LogP contribution in [0.25, 0.3) is 0 Å². The molecule has 0 heterocycles. The minimum absolute atomic E-state index is 0.263. The van der Waals surface area contributed by atoms with Gasteiger partial charge < -0.3 is 10.1 Å². The molecule has 4 nitrogen and oxygen atoms in total. The molecule has 19 heavy (non-hydrogen) atoms. The van der Waals surface area contributed by atoms with Crippen LogP contribution in [0.3, 0.4) is 0 Å². The number of benzene rings is 1. The highest BCUT2D eigenvalue weighted by molar-refractivity contribution is 6.02. The molecule has 0 unspecified atom stereocenters. The highest BCUT2D eigenvalue weighted by Crippen LogP contribution is 2.30. The number of nitrogens with one attached hydrogen (secondary N) is 1. The second-order valence-corrected chi connectivity index (χ2v) is 4.80. The maximum atomic E-state index is 11.8. The zero-order chi connectivity index (χ0) is 14.7. The highest BCUT2D eigenvalue weighted by Gasteiger charge is 2.16. The maximum absolute atomic E-state index is 11.8. The Hall–Kier alpha value is -1.84. The van der Waals surface area contributed by atoms with Crippen LogP contribution in [0.1, 0.15) is 34.2 Å². The lowest BCUT2D eigenvalue weighted by atomic mass is 9.93. The van der Waals surface area contributed by atoms with Gasteiger partial charge in [-0.1, -0.05) is 0 Å².